The van der Waals surface area contributed by atoms with Crippen LogP contribution >= 0.6 is 0 Å². The summed E-state index contributed by atoms with van der Waals surface area (Å²) < 4.78 is 31.9. The summed E-state index contributed by atoms with van der Waals surface area (Å²) in [7, 11) is -3.59. The number of amides is 1. The minimum atomic E-state index is -3.59. The lowest BCUT2D eigenvalue weighted by Crippen LogP contribution is -2.28. The van der Waals surface area contributed by atoms with Gasteiger partial charge in [0.25, 0.3) is 5.91 Å². The van der Waals surface area contributed by atoms with Crippen molar-refractivity contribution in [2.24, 2.45) is 5.10 Å². The second-order valence-electron chi connectivity index (χ2n) is 6.35. The van der Waals surface area contributed by atoms with Gasteiger partial charge < -0.3 is 4.74 Å². The molecule has 1 aliphatic rings. The Balaban J connectivity index is 1.64. The van der Waals surface area contributed by atoms with Crippen molar-refractivity contribution < 1.29 is 17.9 Å². The molecular formula is C20H20N4O4S. The summed E-state index contributed by atoms with van der Waals surface area (Å²) in [6.07, 6.45) is 3.15. The molecule has 0 atom stereocenters. The lowest BCUT2D eigenvalue weighted by Gasteiger charge is -2.15. The Hall–Kier alpha value is -3.22. The number of ether oxygens (including phenoxy) is 1. The van der Waals surface area contributed by atoms with E-state index >= 15 is 0 Å². The first-order valence-electron chi connectivity index (χ1n) is 9.04. The predicted octanol–water partition coefficient (Wildman–Crippen LogP) is 2.14. The van der Waals surface area contributed by atoms with Crippen LogP contribution in [0.1, 0.15) is 28.8 Å². The SMILES string of the molecule is N#CCOc1ccc(/C=N\NC(=O)c2cccc(S(=O)(=O)N3CCCC3)c2)cc1. The molecule has 0 unspecified atom stereocenters. The van der Waals surface area contributed by atoms with Crippen molar-refractivity contribution in [2.45, 2.75) is 17.7 Å². The summed E-state index contributed by atoms with van der Waals surface area (Å²) >= 11 is 0. The van der Waals surface area contributed by atoms with E-state index in [0.29, 0.717) is 18.8 Å². The van der Waals surface area contributed by atoms with Crippen LogP contribution in [-0.4, -0.2) is 44.5 Å². The standard InChI is InChI=1S/C20H20N4O4S/c21-10-13-28-18-8-6-16(7-9-18)15-22-23-20(25)17-4-3-5-19(14-17)29(26,27)24-11-1-2-12-24/h3-9,14-15H,1-2,11-13H2,(H,23,25)/b22-15-. The molecule has 0 spiro atoms. The van der Waals surface area contributed by atoms with Crippen LogP contribution in [0.3, 0.4) is 0 Å². The maximum absolute atomic E-state index is 12.6. The zero-order valence-electron chi connectivity index (χ0n) is 15.6. The van der Waals surface area contributed by atoms with Crippen molar-refractivity contribution in [1.82, 2.24) is 9.73 Å². The molecule has 0 bridgehead atoms. The third-order valence-electron chi connectivity index (χ3n) is 4.36. The molecule has 1 aliphatic heterocycles. The molecule has 9 heteroatoms. The third kappa shape index (κ3) is 5.19. The van der Waals surface area contributed by atoms with E-state index in [1.54, 1.807) is 30.3 Å². The van der Waals surface area contributed by atoms with Gasteiger partial charge in [-0.15, -0.1) is 0 Å². The quantitative estimate of drug-likeness (QED) is 0.553. The number of nitrogens with zero attached hydrogens (tertiary/aromatic N) is 3. The second kappa shape index (κ2) is 9.32. The maximum atomic E-state index is 12.6. The predicted molar refractivity (Wildman–Crippen MR) is 107 cm³/mol. The lowest BCUT2D eigenvalue weighted by atomic mass is 10.2. The van der Waals surface area contributed by atoms with Crippen LogP contribution in [0.5, 0.6) is 5.75 Å². The summed E-state index contributed by atoms with van der Waals surface area (Å²) in [6, 6.07) is 14.6. The van der Waals surface area contributed by atoms with E-state index in [4.69, 9.17) is 10.00 Å². The van der Waals surface area contributed by atoms with E-state index in [9.17, 15) is 13.2 Å². The molecule has 1 heterocycles. The van der Waals surface area contributed by atoms with E-state index in [0.717, 1.165) is 18.4 Å². The fraction of sp³-hybridized carbons (Fsp3) is 0.250. The summed E-state index contributed by atoms with van der Waals surface area (Å²) in [4.78, 5) is 12.4. The van der Waals surface area contributed by atoms with Gasteiger partial charge in [-0.05, 0) is 60.9 Å². The van der Waals surface area contributed by atoms with Crippen molar-refractivity contribution in [1.29, 1.82) is 5.26 Å². The average Bonchev–Trinajstić information content (AvgIpc) is 3.29. The highest BCUT2D eigenvalue weighted by Crippen LogP contribution is 2.21. The van der Waals surface area contributed by atoms with E-state index in [-0.39, 0.29) is 17.1 Å². The van der Waals surface area contributed by atoms with Crippen molar-refractivity contribution in [3.05, 3.63) is 59.7 Å². The van der Waals surface area contributed by atoms with Crippen molar-refractivity contribution >= 4 is 22.1 Å². The minimum absolute atomic E-state index is 0.0317. The fourth-order valence-corrected chi connectivity index (χ4v) is 4.43. The molecule has 1 saturated heterocycles. The van der Waals surface area contributed by atoms with Crippen molar-refractivity contribution in [3.63, 3.8) is 0 Å². The van der Waals surface area contributed by atoms with Gasteiger partial charge in [-0.1, -0.05) is 6.07 Å². The number of carbonyl (C=O) groups excluding carboxylic acids is 1. The van der Waals surface area contributed by atoms with Gasteiger partial charge >= 0.3 is 0 Å². The minimum Gasteiger partial charge on any atom is -0.479 e. The summed E-state index contributed by atoms with van der Waals surface area (Å²) in [5.41, 5.74) is 3.33. The normalized spacial score (nSPS) is 14.6. The monoisotopic (exact) mass is 412 g/mol. The Morgan fingerprint density at radius 2 is 1.93 bits per heavy atom. The van der Waals surface area contributed by atoms with Gasteiger partial charge in [0.05, 0.1) is 11.1 Å². The van der Waals surface area contributed by atoms with E-state index in [2.05, 4.69) is 10.5 Å². The molecule has 8 nitrogen and oxygen atoms in total. The smallest absolute Gasteiger partial charge is 0.271 e. The second-order valence-corrected chi connectivity index (χ2v) is 8.29. The van der Waals surface area contributed by atoms with Crippen molar-refractivity contribution in [3.8, 4) is 11.8 Å². The Bertz CT molecular complexity index is 1040. The van der Waals surface area contributed by atoms with Gasteiger partial charge in [0.1, 0.15) is 11.8 Å². The largest absolute Gasteiger partial charge is 0.479 e. The van der Waals surface area contributed by atoms with Gasteiger partial charge in [0.2, 0.25) is 10.0 Å². The molecule has 1 fully saturated rings. The first-order chi connectivity index (χ1) is 14.0. The van der Waals surface area contributed by atoms with Crippen LogP contribution in [0.25, 0.3) is 0 Å². The number of carbonyl (C=O) groups is 1. The van der Waals surface area contributed by atoms with Crippen LogP contribution in [-0.2, 0) is 10.0 Å². The lowest BCUT2D eigenvalue weighted by molar-refractivity contribution is 0.0955. The topological polar surface area (TPSA) is 112 Å². The van der Waals surface area contributed by atoms with Crippen LogP contribution in [0.4, 0.5) is 0 Å². The number of benzene rings is 2. The Labute approximate surface area is 169 Å². The molecule has 2 aromatic rings. The Kier molecular flexibility index (Phi) is 6.59. The molecule has 1 N–H and O–H groups in total. The summed E-state index contributed by atoms with van der Waals surface area (Å²) in [5, 5.41) is 12.4. The fourth-order valence-electron chi connectivity index (χ4n) is 2.87. The average molecular weight is 412 g/mol. The highest BCUT2D eigenvalue weighted by Gasteiger charge is 2.27. The van der Waals surface area contributed by atoms with E-state index < -0.39 is 15.9 Å². The van der Waals surface area contributed by atoms with E-state index in [1.807, 2.05) is 6.07 Å². The molecule has 0 radical (unpaired) electrons. The molecule has 1 amide bonds. The van der Waals surface area contributed by atoms with Crippen LogP contribution < -0.4 is 10.2 Å². The summed E-state index contributed by atoms with van der Waals surface area (Å²) in [5.74, 6) is 0.0532. The Morgan fingerprint density at radius 1 is 1.21 bits per heavy atom. The number of hydrazone groups is 1. The molecule has 3 rings (SSSR count). The molecule has 29 heavy (non-hydrogen) atoms. The first-order valence-corrected chi connectivity index (χ1v) is 10.5. The van der Waals surface area contributed by atoms with Crippen molar-refractivity contribution in [2.75, 3.05) is 19.7 Å². The number of sulfonamides is 1. The zero-order valence-corrected chi connectivity index (χ0v) is 16.4. The van der Waals surface area contributed by atoms with Crippen LogP contribution in [0.2, 0.25) is 0 Å². The third-order valence-corrected chi connectivity index (χ3v) is 6.26. The maximum Gasteiger partial charge on any atom is 0.271 e. The van der Waals surface area contributed by atoms with Gasteiger partial charge in [0.15, 0.2) is 6.61 Å². The molecule has 0 saturated carbocycles. The molecular weight excluding hydrogens is 392 g/mol. The highest BCUT2D eigenvalue weighted by atomic mass is 32.2. The number of nitrogens with one attached hydrogen (secondary N) is 1. The Morgan fingerprint density at radius 3 is 2.62 bits per heavy atom. The number of hydrogen-bond acceptors (Lipinski definition) is 6. The highest BCUT2D eigenvalue weighted by molar-refractivity contribution is 7.89. The van der Waals surface area contributed by atoms with Gasteiger partial charge in [-0.2, -0.15) is 14.7 Å². The van der Waals surface area contributed by atoms with Crippen LogP contribution in [0.15, 0.2) is 58.5 Å². The molecule has 0 aliphatic carbocycles. The van der Waals surface area contributed by atoms with E-state index in [1.165, 1.54) is 28.7 Å². The number of rotatable bonds is 7. The van der Waals surface area contributed by atoms with Gasteiger partial charge in [0, 0.05) is 18.7 Å². The first kappa shape index (κ1) is 20.5. The zero-order chi connectivity index (χ0) is 20.7. The van der Waals surface area contributed by atoms with Gasteiger partial charge in [-0.25, -0.2) is 13.8 Å². The molecule has 150 valence electrons. The molecule has 2 aromatic carbocycles. The van der Waals surface area contributed by atoms with Gasteiger partial charge in [-0.3, -0.25) is 4.79 Å². The van der Waals surface area contributed by atoms with Crippen LogP contribution in [0, 0.1) is 11.3 Å². The molecule has 0 aromatic heterocycles. The summed E-state index contributed by atoms with van der Waals surface area (Å²) in [6.45, 7) is 0.975. The number of hydrogen-bond donors (Lipinski definition) is 1. The number of nitriles is 1.